The predicted molar refractivity (Wildman–Crippen MR) is 135 cm³/mol. The second-order valence-corrected chi connectivity index (χ2v) is 10.1. The van der Waals surface area contributed by atoms with Crippen molar-refractivity contribution >= 4 is 45.4 Å². The van der Waals surface area contributed by atoms with Gasteiger partial charge in [-0.1, -0.05) is 11.6 Å². The van der Waals surface area contributed by atoms with Crippen molar-refractivity contribution in [1.29, 1.82) is 0 Å². The maximum Gasteiger partial charge on any atom is 0.433 e. The number of amides is 1. The topological polar surface area (TPSA) is 119 Å². The summed E-state index contributed by atoms with van der Waals surface area (Å²) in [5.74, 6) is -0.330. The van der Waals surface area contributed by atoms with Crippen LogP contribution in [0.5, 0.6) is 0 Å². The van der Waals surface area contributed by atoms with Gasteiger partial charge in [-0.15, -0.1) is 0 Å². The van der Waals surface area contributed by atoms with Gasteiger partial charge >= 0.3 is 6.18 Å². The molecule has 5 aromatic rings. The normalized spacial score (nSPS) is 15.3. The standard InChI is InChI=1S/C25H20ClF3N8O/c1-24(2)10-36(23(38)12-5-7-31-15(8-12)25(27,28)29)9-14-16(17-20(30)33-11-34-22(17)37(14)24)19-18(26)13-4-3-6-32-21(13)35-19/h3-8,11H,9-10H2,1-2H3,(H,32,35)(H2,30,33,34). The van der Waals surface area contributed by atoms with E-state index >= 15 is 0 Å². The molecule has 6 heterocycles. The molecule has 194 valence electrons. The predicted octanol–water partition coefficient (Wildman–Crippen LogP) is 5.02. The van der Waals surface area contributed by atoms with Crippen LogP contribution in [0.15, 0.2) is 43.0 Å². The zero-order valence-corrected chi connectivity index (χ0v) is 20.9. The molecule has 5 aromatic heterocycles. The molecule has 1 aliphatic rings. The highest BCUT2D eigenvalue weighted by molar-refractivity contribution is 6.38. The minimum absolute atomic E-state index is 0.0657. The van der Waals surface area contributed by atoms with Crippen molar-refractivity contribution < 1.29 is 18.0 Å². The van der Waals surface area contributed by atoms with Gasteiger partial charge in [-0.25, -0.2) is 15.0 Å². The van der Waals surface area contributed by atoms with Gasteiger partial charge in [0.1, 0.15) is 29.1 Å². The number of H-pyrrole nitrogens is 1. The summed E-state index contributed by atoms with van der Waals surface area (Å²) in [6.07, 6.45) is -0.682. The van der Waals surface area contributed by atoms with Gasteiger partial charge in [0.2, 0.25) is 0 Å². The largest absolute Gasteiger partial charge is 0.433 e. The van der Waals surface area contributed by atoms with Gasteiger partial charge in [0.25, 0.3) is 5.91 Å². The SMILES string of the molecule is CC1(C)CN(C(=O)c2ccnc(C(F)(F)F)c2)Cc2c(-c3[nH]c4ncccc4c3Cl)c3c(N)ncnc3n21. The molecule has 6 rings (SSSR count). The van der Waals surface area contributed by atoms with E-state index in [1.807, 2.05) is 24.5 Å². The molecule has 0 bridgehead atoms. The first-order valence-corrected chi connectivity index (χ1v) is 11.9. The Kier molecular flexibility index (Phi) is 5.18. The van der Waals surface area contributed by atoms with Gasteiger partial charge in [0, 0.05) is 41.1 Å². The van der Waals surface area contributed by atoms with E-state index in [2.05, 4.69) is 24.9 Å². The van der Waals surface area contributed by atoms with Gasteiger partial charge in [0.15, 0.2) is 0 Å². The summed E-state index contributed by atoms with van der Waals surface area (Å²) in [4.78, 5) is 34.7. The molecule has 0 fully saturated rings. The van der Waals surface area contributed by atoms with Crippen molar-refractivity contribution in [1.82, 2.24) is 34.4 Å². The van der Waals surface area contributed by atoms with Crippen molar-refractivity contribution in [3.8, 4) is 11.3 Å². The highest BCUT2D eigenvalue weighted by Crippen LogP contribution is 2.46. The molecule has 0 saturated heterocycles. The molecule has 1 aliphatic heterocycles. The first-order chi connectivity index (χ1) is 18.0. The van der Waals surface area contributed by atoms with Crippen LogP contribution >= 0.6 is 11.6 Å². The molecule has 0 radical (unpaired) electrons. The van der Waals surface area contributed by atoms with Crippen molar-refractivity contribution in [2.24, 2.45) is 0 Å². The number of nitrogens with one attached hydrogen (secondary N) is 1. The fourth-order valence-corrected chi connectivity index (χ4v) is 5.53. The number of hydrogen-bond acceptors (Lipinski definition) is 6. The summed E-state index contributed by atoms with van der Waals surface area (Å²) in [5.41, 5.74) is 7.33. The van der Waals surface area contributed by atoms with Gasteiger partial charge in [-0.05, 0) is 38.1 Å². The van der Waals surface area contributed by atoms with E-state index in [0.717, 1.165) is 12.3 Å². The third kappa shape index (κ3) is 3.58. The number of pyridine rings is 2. The van der Waals surface area contributed by atoms with Crippen LogP contribution < -0.4 is 5.73 Å². The number of hydrogen-bond donors (Lipinski definition) is 2. The molecule has 0 spiro atoms. The lowest BCUT2D eigenvalue weighted by atomic mass is 9.98. The molecular weight excluding hydrogens is 521 g/mol. The van der Waals surface area contributed by atoms with Crippen LogP contribution in [0.1, 0.15) is 35.6 Å². The number of nitrogen functional groups attached to an aromatic ring is 1. The number of halogens is 4. The maximum absolute atomic E-state index is 13.5. The number of carbonyl (C=O) groups excluding carboxylic acids is 1. The van der Waals surface area contributed by atoms with E-state index in [1.165, 1.54) is 17.3 Å². The summed E-state index contributed by atoms with van der Waals surface area (Å²) in [6.45, 7) is 4.10. The number of anilines is 1. The number of nitrogens with zero attached hydrogens (tertiary/aromatic N) is 6. The molecule has 0 aliphatic carbocycles. The van der Waals surface area contributed by atoms with E-state index < -0.39 is 23.3 Å². The molecule has 38 heavy (non-hydrogen) atoms. The van der Waals surface area contributed by atoms with Crippen LogP contribution in [0.2, 0.25) is 5.02 Å². The minimum Gasteiger partial charge on any atom is -0.383 e. The maximum atomic E-state index is 13.5. The highest BCUT2D eigenvalue weighted by Gasteiger charge is 2.40. The second-order valence-electron chi connectivity index (χ2n) is 9.73. The smallest absolute Gasteiger partial charge is 0.383 e. The van der Waals surface area contributed by atoms with Gasteiger partial charge in [-0.2, -0.15) is 13.2 Å². The van der Waals surface area contributed by atoms with Crippen molar-refractivity contribution in [3.05, 3.63) is 65.0 Å². The van der Waals surface area contributed by atoms with Crippen LogP contribution in [-0.2, 0) is 18.3 Å². The highest BCUT2D eigenvalue weighted by atomic mass is 35.5. The molecule has 13 heteroatoms. The fourth-order valence-electron chi connectivity index (χ4n) is 5.24. The quantitative estimate of drug-likeness (QED) is 0.325. The molecule has 0 unspecified atom stereocenters. The van der Waals surface area contributed by atoms with Crippen LogP contribution in [0.4, 0.5) is 19.0 Å². The van der Waals surface area contributed by atoms with Gasteiger partial charge in [-0.3, -0.25) is 9.78 Å². The Morgan fingerprint density at radius 1 is 1.16 bits per heavy atom. The minimum atomic E-state index is -4.67. The molecule has 0 aromatic carbocycles. The summed E-state index contributed by atoms with van der Waals surface area (Å²) in [5, 5.41) is 1.67. The Bertz CT molecular complexity index is 1760. The first kappa shape index (κ1) is 24.2. The van der Waals surface area contributed by atoms with E-state index in [0.29, 0.717) is 44.0 Å². The number of rotatable bonds is 2. The van der Waals surface area contributed by atoms with Gasteiger partial charge < -0.3 is 20.2 Å². The summed E-state index contributed by atoms with van der Waals surface area (Å²) < 4.78 is 41.8. The lowest BCUT2D eigenvalue weighted by molar-refractivity contribution is -0.141. The van der Waals surface area contributed by atoms with Crippen LogP contribution in [0, 0.1) is 0 Å². The molecule has 1 amide bonds. The average molecular weight is 541 g/mol. The Morgan fingerprint density at radius 3 is 2.68 bits per heavy atom. The van der Waals surface area contributed by atoms with E-state index in [4.69, 9.17) is 17.3 Å². The third-order valence-corrected chi connectivity index (χ3v) is 7.13. The van der Waals surface area contributed by atoms with Crippen molar-refractivity contribution in [2.75, 3.05) is 12.3 Å². The summed E-state index contributed by atoms with van der Waals surface area (Å²) >= 11 is 6.81. The monoisotopic (exact) mass is 540 g/mol. The van der Waals surface area contributed by atoms with Gasteiger partial charge in [0.05, 0.1) is 28.2 Å². The molecular formula is C25H20ClF3N8O. The number of nitrogens with two attached hydrogens (primary N) is 1. The number of alkyl halides is 3. The Labute approximate surface area is 218 Å². The number of fused-ring (bicyclic) bond motifs is 4. The first-order valence-electron chi connectivity index (χ1n) is 11.6. The fraction of sp³-hybridized carbons (Fsp3) is 0.240. The molecule has 3 N–H and O–H groups in total. The zero-order valence-electron chi connectivity index (χ0n) is 20.1. The molecule has 0 saturated carbocycles. The molecule has 0 atom stereocenters. The average Bonchev–Trinajstić information content (AvgIpc) is 3.38. The van der Waals surface area contributed by atoms with Crippen molar-refractivity contribution in [2.45, 2.75) is 32.1 Å². The Balaban J connectivity index is 1.56. The number of aromatic amines is 1. The molecule has 9 nitrogen and oxygen atoms in total. The second kappa shape index (κ2) is 8.15. The summed E-state index contributed by atoms with van der Waals surface area (Å²) in [7, 11) is 0. The Morgan fingerprint density at radius 2 is 1.95 bits per heavy atom. The third-order valence-electron chi connectivity index (χ3n) is 6.74. The number of carbonyl (C=O) groups is 1. The lowest BCUT2D eigenvalue weighted by Crippen LogP contribution is -2.49. The zero-order chi connectivity index (χ0) is 27.0. The van der Waals surface area contributed by atoms with E-state index in [1.54, 1.807) is 12.3 Å². The van der Waals surface area contributed by atoms with Crippen molar-refractivity contribution in [3.63, 3.8) is 0 Å². The van der Waals surface area contributed by atoms with Crippen LogP contribution in [0.25, 0.3) is 33.3 Å². The van der Waals surface area contributed by atoms with Crippen LogP contribution in [0.3, 0.4) is 0 Å². The Hall–Kier alpha value is -4.19. The van der Waals surface area contributed by atoms with Crippen LogP contribution in [-0.4, -0.2) is 46.8 Å². The lowest BCUT2D eigenvalue weighted by Gasteiger charge is -2.41. The number of aromatic nitrogens is 6. The van der Waals surface area contributed by atoms with E-state index in [-0.39, 0.29) is 24.5 Å². The summed E-state index contributed by atoms with van der Waals surface area (Å²) in [6, 6.07) is 5.64. The van der Waals surface area contributed by atoms with E-state index in [9.17, 15) is 18.0 Å².